The molecule has 1 fully saturated rings. The van der Waals surface area contributed by atoms with Gasteiger partial charge in [-0.15, -0.1) is 0 Å². The van der Waals surface area contributed by atoms with Gasteiger partial charge in [0.15, 0.2) is 0 Å². The smallest absolute Gasteiger partial charge is 0.130 e. The Labute approximate surface area is 128 Å². The van der Waals surface area contributed by atoms with Crippen molar-refractivity contribution in [1.82, 2.24) is 14.5 Å². The number of benzene rings is 1. The lowest BCUT2D eigenvalue weighted by Crippen LogP contribution is -1.95. The Bertz CT molecular complexity index is 882. The molecular formula is C17H15N5. The Balaban J connectivity index is 1.65. The molecule has 1 aromatic carbocycles. The van der Waals surface area contributed by atoms with Crippen LogP contribution in [0.3, 0.4) is 0 Å². The lowest BCUT2D eigenvalue weighted by molar-refractivity contribution is 0.820. The molecule has 0 bridgehead atoms. The van der Waals surface area contributed by atoms with Crippen molar-refractivity contribution in [1.29, 1.82) is 5.26 Å². The zero-order chi connectivity index (χ0) is 15.1. The Hall–Kier alpha value is -2.87. The molecule has 4 rings (SSSR count). The average Bonchev–Trinajstić information content (AvgIpc) is 3.33. The monoisotopic (exact) mass is 289 g/mol. The molecule has 0 saturated heterocycles. The van der Waals surface area contributed by atoms with Crippen molar-refractivity contribution in [3.63, 3.8) is 0 Å². The minimum atomic E-state index is 0.555. The number of nitrogens with one attached hydrogen (secondary N) is 1. The topological polar surface area (TPSA) is 66.5 Å². The number of hydrogen-bond acceptors (Lipinski definition) is 4. The summed E-state index contributed by atoms with van der Waals surface area (Å²) in [7, 11) is 2.08. The second-order valence-electron chi connectivity index (χ2n) is 5.68. The van der Waals surface area contributed by atoms with E-state index < -0.39 is 0 Å². The highest BCUT2D eigenvalue weighted by atomic mass is 15.1. The number of imidazole rings is 1. The Morgan fingerprint density at radius 2 is 2.14 bits per heavy atom. The van der Waals surface area contributed by atoms with Crippen molar-refractivity contribution in [3.8, 4) is 6.07 Å². The molecule has 5 heteroatoms. The van der Waals surface area contributed by atoms with Gasteiger partial charge >= 0.3 is 0 Å². The molecule has 5 nitrogen and oxygen atoms in total. The first-order chi connectivity index (χ1) is 10.7. The number of nitrogens with zero attached hydrogens (tertiary/aromatic N) is 4. The van der Waals surface area contributed by atoms with Crippen molar-refractivity contribution >= 4 is 22.5 Å². The van der Waals surface area contributed by atoms with Gasteiger partial charge < -0.3 is 9.88 Å². The van der Waals surface area contributed by atoms with Crippen LogP contribution in [0.1, 0.15) is 30.1 Å². The van der Waals surface area contributed by atoms with Gasteiger partial charge in [0, 0.05) is 24.8 Å². The molecule has 1 aliphatic rings. The lowest BCUT2D eigenvalue weighted by Gasteiger charge is -2.05. The van der Waals surface area contributed by atoms with Crippen LogP contribution in [-0.4, -0.2) is 14.5 Å². The van der Waals surface area contributed by atoms with Crippen LogP contribution in [0, 0.1) is 11.3 Å². The van der Waals surface area contributed by atoms with E-state index in [1.807, 2.05) is 12.1 Å². The molecule has 1 aliphatic carbocycles. The molecule has 2 heterocycles. The van der Waals surface area contributed by atoms with Crippen LogP contribution in [0.5, 0.6) is 0 Å². The molecule has 3 aromatic rings. The molecule has 0 unspecified atom stereocenters. The lowest BCUT2D eigenvalue weighted by atomic mass is 10.2. The number of fused-ring (bicyclic) bond motifs is 1. The summed E-state index contributed by atoms with van der Waals surface area (Å²) >= 11 is 0. The molecule has 0 atom stereocenters. The molecule has 0 aliphatic heterocycles. The number of nitriles is 1. The molecular weight excluding hydrogens is 274 g/mol. The predicted molar refractivity (Wildman–Crippen MR) is 84.9 cm³/mol. The molecule has 1 saturated carbocycles. The Kier molecular flexibility index (Phi) is 2.83. The van der Waals surface area contributed by atoms with E-state index >= 15 is 0 Å². The fourth-order valence-corrected chi connectivity index (χ4v) is 2.68. The highest BCUT2D eigenvalue weighted by Crippen LogP contribution is 2.40. The number of anilines is 2. The molecule has 0 amide bonds. The maximum atomic E-state index is 8.79. The third-order valence-corrected chi connectivity index (χ3v) is 4.02. The minimum absolute atomic E-state index is 0.555. The summed E-state index contributed by atoms with van der Waals surface area (Å²) in [4.78, 5) is 8.99. The summed E-state index contributed by atoms with van der Waals surface area (Å²) in [5, 5.41) is 12.0. The second kappa shape index (κ2) is 4.85. The molecule has 0 radical (unpaired) electrons. The van der Waals surface area contributed by atoms with Crippen molar-refractivity contribution < 1.29 is 0 Å². The number of rotatable bonds is 3. The summed E-state index contributed by atoms with van der Waals surface area (Å²) in [5.74, 6) is 2.54. The van der Waals surface area contributed by atoms with E-state index in [0.717, 1.165) is 22.5 Å². The highest BCUT2D eigenvalue weighted by Gasteiger charge is 2.28. The van der Waals surface area contributed by atoms with Gasteiger partial charge in [-0.2, -0.15) is 5.26 Å². The number of aromatic nitrogens is 3. The van der Waals surface area contributed by atoms with E-state index in [1.54, 1.807) is 18.3 Å². The van der Waals surface area contributed by atoms with Gasteiger partial charge in [0.25, 0.3) is 0 Å². The van der Waals surface area contributed by atoms with E-state index in [2.05, 4.69) is 34.1 Å². The maximum absolute atomic E-state index is 8.79. The van der Waals surface area contributed by atoms with Crippen molar-refractivity contribution in [2.24, 2.45) is 7.05 Å². The van der Waals surface area contributed by atoms with Gasteiger partial charge in [0.1, 0.15) is 17.7 Å². The first-order valence-electron chi connectivity index (χ1n) is 7.34. The third-order valence-electron chi connectivity index (χ3n) is 4.02. The Morgan fingerprint density at radius 3 is 2.82 bits per heavy atom. The number of aryl methyl sites for hydroxylation is 1. The van der Waals surface area contributed by atoms with E-state index in [4.69, 9.17) is 10.2 Å². The van der Waals surface area contributed by atoms with Crippen molar-refractivity contribution in [3.05, 3.63) is 47.9 Å². The van der Waals surface area contributed by atoms with Crippen molar-refractivity contribution in [2.75, 3.05) is 5.32 Å². The molecule has 22 heavy (non-hydrogen) atoms. The van der Waals surface area contributed by atoms with E-state index in [0.29, 0.717) is 11.5 Å². The summed E-state index contributed by atoms with van der Waals surface area (Å²) in [5.41, 5.74) is 3.66. The van der Waals surface area contributed by atoms with Gasteiger partial charge in [0.2, 0.25) is 0 Å². The van der Waals surface area contributed by atoms with Gasteiger partial charge in [-0.25, -0.2) is 9.97 Å². The zero-order valence-corrected chi connectivity index (χ0v) is 12.2. The van der Waals surface area contributed by atoms with Crippen LogP contribution in [0.2, 0.25) is 0 Å². The van der Waals surface area contributed by atoms with Crippen LogP contribution in [0.25, 0.3) is 11.0 Å². The number of hydrogen-bond donors (Lipinski definition) is 1. The zero-order valence-electron chi connectivity index (χ0n) is 12.2. The van der Waals surface area contributed by atoms with E-state index in [-0.39, 0.29) is 0 Å². The van der Waals surface area contributed by atoms with E-state index in [1.165, 1.54) is 18.7 Å². The van der Waals surface area contributed by atoms with Gasteiger partial charge in [-0.05, 0) is 43.2 Å². The van der Waals surface area contributed by atoms with Crippen LogP contribution < -0.4 is 5.32 Å². The predicted octanol–water partition coefficient (Wildman–Crippen LogP) is 3.46. The fourth-order valence-electron chi connectivity index (χ4n) is 2.68. The van der Waals surface area contributed by atoms with Crippen LogP contribution in [-0.2, 0) is 7.05 Å². The van der Waals surface area contributed by atoms with Gasteiger partial charge in [0.05, 0.1) is 16.6 Å². The standard InChI is InChI=1S/C17H15N5/c1-22-15-6-5-13(8-14(15)21-17(22)12-3-4-12)20-16-7-2-11(9-18)10-19-16/h2,5-8,10,12H,3-4H2,1H3,(H,19,20). The largest absolute Gasteiger partial charge is 0.340 e. The van der Waals surface area contributed by atoms with Crippen molar-refractivity contribution in [2.45, 2.75) is 18.8 Å². The van der Waals surface area contributed by atoms with Gasteiger partial charge in [-0.1, -0.05) is 0 Å². The summed E-state index contributed by atoms with van der Waals surface area (Å²) in [6.45, 7) is 0. The first kappa shape index (κ1) is 12.8. The quantitative estimate of drug-likeness (QED) is 0.801. The fraction of sp³-hybridized carbons (Fsp3) is 0.235. The minimum Gasteiger partial charge on any atom is -0.340 e. The van der Waals surface area contributed by atoms with Crippen LogP contribution in [0.15, 0.2) is 36.5 Å². The average molecular weight is 289 g/mol. The first-order valence-corrected chi connectivity index (χ1v) is 7.34. The normalized spacial score (nSPS) is 14.0. The number of pyridine rings is 1. The van der Waals surface area contributed by atoms with Crippen LogP contribution >= 0.6 is 0 Å². The molecule has 2 aromatic heterocycles. The summed E-state index contributed by atoms with van der Waals surface area (Å²) in [6, 6.07) is 11.8. The van der Waals surface area contributed by atoms with Gasteiger partial charge in [-0.3, -0.25) is 0 Å². The Morgan fingerprint density at radius 1 is 1.27 bits per heavy atom. The molecule has 0 spiro atoms. The van der Waals surface area contributed by atoms with E-state index in [9.17, 15) is 0 Å². The second-order valence-corrected chi connectivity index (χ2v) is 5.68. The molecule has 108 valence electrons. The SMILES string of the molecule is Cn1c(C2CC2)nc2cc(Nc3ccc(C#N)cn3)ccc21. The maximum Gasteiger partial charge on any atom is 0.130 e. The third kappa shape index (κ3) is 2.19. The highest BCUT2D eigenvalue weighted by molar-refractivity contribution is 5.81. The summed E-state index contributed by atoms with van der Waals surface area (Å²) in [6.07, 6.45) is 4.06. The summed E-state index contributed by atoms with van der Waals surface area (Å²) < 4.78 is 2.19. The van der Waals surface area contributed by atoms with Crippen LogP contribution in [0.4, 0.5) is 11.5 Å². The molecule has 1 N–H and O–H groups in total.